The Morgan fingerprint density at radius 2 is 1.63 bits per heavy atom. The molecule has 0 amide bonds. The van der Waals surface area contributed by atoms with Gasteiger partial charge in [-0.1, -0.05) is 49.5 Å². The summed E-state index contributed by atoms with van der Waals surface area (Å²) in [6.45, 7) is 6.88. The van der Waals surface area contributed by atoms with E-state index in [9.17, 15) is 8.78 Å². The van der Waals surface area contributed by atoms with Gasteiger partial charge in [-0.25, -0.2) is 8.78 Å². The summed E-state index contributed by atoms with van der Waals surface area (Å²) in [4.78, 5) is 0. The van der Waals surface area contributed by atoms with E-state index in [0.717, 1.165) is 19.3 Å². The number of hydrogen-bond acceptors (Lipinski definition) is 1. The summed E-state index contributed by atoms with van der Waals surface area (Å²) in [5.74, 6) is -0.487. The highest BCUT2D eigenvalue weighted by molar-refractivity contribution is 9.10. The van der Waals surface area contributed by atoms with Crippen molar-refractivity contribution in [2.24, 2.45) is 5.92 Å². The molecule has 0 bridgehead atoms. The first kappa shape index (κ1) is 16.6. The Morgan fingerprint density at radius 1 is 1.11 bits per heavy atom. The van der Waals surface area contributed by atoms with E-state index in [1.165, 1.54) is 12.1 Å². The fraction of sp³-hybridized carbons (Fsp3) is 0.600. The van der Waals surface area contributed by atoms with Crippen LogP contribution in [0.3, 0.4) is 0 Å². The van der Waals surface area contributed by atoms with Gasteiger partial charge in [0.1, 0.15) is 11.6 Å². The third kappa shape index (κ3) is 4.53. The second kappa shape index (κ2) is 7.95. The molecule has 0 radical (unpaired) electrons. The third-order valence-electron chi connectivity index (χ3n) is 3.57. The lowest BCUT2D eigenvalue weighted by molar-refractivity contribution is 0.358. The fourth-order valence-electron chi connectivity index (χ4n) is 2.39. The standard InChI is InChI=1S/C15H22BrF2N/c1-4-10(5-2)7-14(19-6-3)15-12(17)8-11(16)9-13(15)18/h8-10,14,19H,4-7H2,1-3H3. The maximum atomic E-state index is 14.0. The summed E-state index contributed by atoms with van der Waals surface area (Å²) in [5, 5.41) is 3.20. The first-order valence-electron chi connectivity index (χ1n) is 6.91. The van der Waals surface area contributed by atoms with Crippen LogP contribution >= 0.6 is 15.9 Å². The Kier molecular flexibility index (Phi) is 6.94. The second-order valence-corrected chi connectivity index (χ2v) is 5.73. The van der Waals surface area contributed by atoms with Crippen molar-refractivity contribution >= 4 is 15.9 Å². The zero-order valence-electron chi connectivity index (χ0n) is 11.8. The average molecular weight is 334 g/mol. The maximum absolute atomic E-state index is 14.0. The molecular formula is C15H22BrF2N. The van der Waals surface area contributed by atoms with Gasteiger partial charge in [0.15, 0.2) is 0 Å². The minimum atomic E-state index is -0.483. The lowest BCUT2D eigenvalue weighted by Gasteiger charge is -2.24. The van der Waals surface area contributed by atoms with E-state index >= 15 is 0 Å². The SMILES string of the molecule is CCNC(CC(CC)CC)c1c(F)cc(Br)cc1F. The molecule has 4 heteroatoms. The van der Waals surface area contributed by atoms with Crippen molar-refractivity contribution in [3.05, 3.63) is 33.8 Å². The van der Waals surface area contributed by atoms with Crippen LogP contribution in [0, 0.1) is 17.6 Å². The zero-order chi connectivity index (χ0) is 14.4. The molecule has 1 aromatic rings. The average Bonchev–Trinajstić information content (AvgIpc) is 2.34. The summed E-state index contributed by atoms with van der Waals surface area (Å²) in [7, 11) is 0. The fourth-order valence-corrected chi connectivity index (χ4v) is 2.79. The van der Waals surface area contributed by atoms with E-state index in [0.29, 0.717) is 16.9 Å². The van der Waals surface area contributed by atoms with Crippen LogP contribution in [0.5, 0.6) is 0 Å². The van der Waals surface area contributed by atoms with Gasteiger partial charge in [-0.15, -0.1) is 0 Å². The van der Waals surface area contributed by atoms with Crippen molar-refractivity contribution in [3.8, 4) is 0 Å². The molecule has 0 saturated heterocycles. The summed E-state index contributed by atoms with van der Waals surface area (Å²) in [6.07, 6.45) is 2.81. The molecule has 1 unspecified atom stereocenters. The summed E-state index contributed by atoms with van der Waals surface area (Å²) in [6, 6.07) is 2.40. The van der Waals surface area contributed by atoms with Gasteiger partial charge in [-0.2, -0.15) is 0 Å². The van der Waals surface area contributed by atoms with Crippen molar-refractivity contribution in [3.63, 3.8) is 0 Å². The molecular weight excluding hydrogens is 312 g/mol. The first-order valence-corrected chi connectivity index (χ1v) is 7.70. The Balaban J connectivity index is 3.05. The number of nitrogens with one attached hydrogen (secondary N) is 1. The van der Waals surface area contributed by atoms with Crippen LogP contribution < -0.4 is 5.32 Å². The molecule has 0 spiro atoms. The molecule has 0 aliphatic rings. The van der Waals surface area contributed by atoms with Crippen LogP contribution in [0.15, 0.2) is 16.6 Å². The summed E-state index contributed by atoms with van der Waals surface area (Å²) in [5.41, 5.74) is 0.164. The van der Waals surface area contributed by atoms with E-state index in [1.54, 1.807) is 0 Å². The zero-order valence-corrected chi connectivity index (χ0v) is 13.4. The van der Waals surface area contributed by atoms with Gasteiger partial charge in [0.2, 0.25) is 0 Å². The molecule has 0 aromatic heterocycles. The first-order chi connectivity index (χ1) is 9.03. The van der Waals surface area contributed by atoms with E-state index < -0.39 is 11.6 Å². The van der Waals surface area contributed by atoms with Gasteiger partial charge in [0.05, 0.1) is 0 Å². The Hall–Kier alpha value is -0.480. The largest absolute Gasteiger partial charge is 0.310 e. The van der Waals surface area contributed by atoms with E-state index in [2.05, 4.69) is 35.1 Å². The van der Waals surface area contributed by atoms with Crippen LogP contribution in [0.1, 0.15) is 51.6 Å². The molecule has 1 aromatic carbocycles. The maximum Gasteiger partial charge on any atom is 0.132 e. The van der Waals surface area contributed by atoms with Gasteiger partial charge in [-0.3, -0.25) is 0 Å². The predicted octanol–water partition coefficient (Wildman–Crippen LogP) is 5.20. The van der Waals surface area contributed by atoms with E-state index in [1.807, 2.05) is 6.92 Å². The van der Waals surface area contributed by atoms with Crippen LogP contribution in [-0.4, -0.2) is 6.54 Å². The van der Waals surface area contributed by atoms with Crippen LogP contribution in [0.2, 0.25) is 0 Å². The highest BCUT2D eigenvalue weighted by atomic mass is 79.9. The van der Waals surface area contributed by atoms with Crippen LogP contribution in [0.4, 0.5) is 8.78 Å². The highest BCUT2D eigenvalue weighted by Gasteiger charge is 2.22. The van der Waals surface area contributed by atoms with Crippen molar-refractivity contribution in [1.82, 2.24) is 5.32 Å². The summed E-state index contributed by atoms with van der Waals surface area (Å²) >= 11 is 3.11. The van der Waals surface area contributed by atoms with Crippen molar-refractivity contribution in [1.29, 1.82) is 0 Å². The minimum Gasteiger partial charge on any atom is -0.310 e. The van der Waals surface area contributed by atoms with E-state index in [-0.39, 0.29) is 11.6 Å². The van der Waals surface area contributed by atoms with Crippen LogP contribution in [0.25, 0.3) is 0 Å². The molecule has 0 aliphatic heterocycles. The topological polar surface area (TPSA) is 12.0 Å². The lowest BCUT2D eigenvalue weighted by Crippen LogP contribution is -2.25. The van der Waals surface area contributed by atoms with Gasteiger partial charge >= 0.3 is 0 Å². The Bertz CT molecular complexity index is 382. The molecule has 0 aliphatic carbocycles. The molecule has 19 heavy (non-hydrogen) atoms. The quantitative estimate of drug-likeness (QED) is 0.722. The third-order valence-corrected chi connectivity index (χ3v) is 4.02. The van der Waals surface area contributed by atoms with Crippen LogP contribution in [-0.2, 0) is 0 Å². The molecule has 0 heterocycles. The molecule has 0 fully saturated rings. The van der Waals surface area contributed by atoms with Gasteiger partial charge in [0, 0.05) is 16.1 Å². The summed E-state index contributed by atoms with van der Waals surface area (Å²) < 4.78 is 28.5. The number of benzene rings is 1. The monoisotopic (exact) mass is 333 g/mol. The number of halogens is 3. The number of hydrogen-bond donors (Lipinski definition) is 1. The predicted molar refractivity (Wildman–Crippen MR) is 79.2 cm³/mol. The molecule has 1 atom stereocenters. The van der Waals surface area contributed by atoms with Crippen molar-refractivity contribution in [2.75, 3.05) is 6.54 Å². The Labute approximate surface area is 122 Å². The van der Waals surface area contributed by atoms with Crippen molar-refractivity contribution in [2.45, 2.75) is 46.1 Å². The molecule has 0 saturated carbocycles. The van der Waals surface area contributed by atoms with Gasteiger partial charge < -0.3 is 5.32 Å². The van der Waals surface area contributed by atoms with Crippen molar-refractivity contribution < 1.29 is 8.78 Å². The smallest absolute Gasteiger partial charge is 0.132 e. The molecule has 108 valence electrons. The lowest BCUT2D eigenvalue weighted by atomic mass is 9.90. The molecule has 1 N–H and O–H groups in total. The van der Waals surface area contributed by atoms with Gasteiger partial charge in [0.25, 0.3) is 0 Å². The normalized spacial score (nSPS) is 13.0. The number of rotatable bonds is 7. The minimum absolute atomic E-state index is 0.164. The molecule has 1 nitrogen and oxygen atoms in total. The molecule has 1 rings (SSSR count). The second-order valence-electron chi connectivity index (χ2n) is 4.81. The highest BCUT2D eigenvalue weighted by Crippen LogP contribution is 2.30. The van der Waals surface area contributed by atoms with E-state index in [4.69, 9.17) is 0 Å². The Morgan fingerprint density at radius 3 is 2.05 bits per heavy atom. The van der Waals surface area contributed by atoms with Gasteiger partial charge in [-0.05, 0) is 31.0 Å².